The standard InChI is InChI=1S/C16H22BrNO/c1-3-12-6-4-5-7-15(12)18-16(19)13-8-11(2)9-14(17)10-13/h8-10,12,15H,3-7H2,1-2H3,(H,18,19). The van der Waals surface area contributed by atoms with Crippen LogP contribution in [0.2, 0.25) is 0 Å². The summed E-state index contributed by atoms with van der Waals surface area (Å²) in [7, 11) is 0. The van der Waals surface area contributed by atoms with Crippen molar-refractivity contribution in [2.75, 3.05) is 0 Å². The zero-order chi connectivity index (χ0) is 13.8. The van der Waals surface area contributed by atoms with Crippen LogP contribution >= 0.6 is 15.9 Å². The van der Waals surface area contributed by atoms with Crippen molar-refractivity contribution in [3.63, 3.8) is 0 Å². The second kappa shape index (κ2) is 6.56. The van der Waals surface area contributed by atoms with Gasteiger partial charge in [0, 0.05) is 16.1 Å². The number of rotatable bonds is 3. The summed E-state index contributed by atoms with van der Waals surface area (Å²) >= 11 is 3.45. The van der Waals surface area contributed by atoms with Crippen molar-refractivity contribution in [1.29, 1.82) is 0 Å². The van der Waals surface area contributed by atoms with E-state index in [1.165, 1.54) is 19.3 Å². The van der Waals surface area contributed by atoms with Gasteiger partial charge in [0.25, 0.3) is 5.91 Å². The van der Waals surface area contributed by atoms with Gasteiger partial charge in [-0.1, -0.05) is 42.1 Å². The number of carbonyl (C=O) groups is 1. The predicted molar refractivity (Wildman–Crippen MR) is 82.4 cm³/mol. The number of benzene rings is 1. The van der Waals surface area contributed by atoms with Crippen LogP contribution in [0.5, 0.6) is 0 Å². The fourth-order valence-corrected chi connectivity index (χ4v) is 3.61. The number of hydrogen-bond acceptors (Lipinski definition) is 1. The maximum absolute atomic E-state index is 12.3. The number of amides is 1. The maximum Gasteiger partial charge on any atom is 0.251 e. The Balaban J connectivity index is 2.07. The number of nitrogens with one attached hydrogen (secondary N) is 1. The first-order chi connectivity index (χ1) is 9.10. The van der Waals surface area contributed by atoms with Gasteiger partial charge in [-0.3, -0.25) is 4.79 Å². The normalized spacial score (nSPS) is 23.1. The van der Waals surface area contributed by atoms with Crippen LogP contribution in [0.3, 0.4) is 0 Å². The van der Waals surface area contributed by atoms with E-state index in [4.69, 9.17) is 0 Å². The third kappa shape index (κ3) is 3.82. The molecule has 104 valence electrons. The average Bonchev–Trinajstić information content (AvgIpc) is 2.38. The summed E-state index contributed by atoms with van der Waals surface area (Å²) in [5, 5.41) is 3.23. The Morgan fingerprint density at radius 2 is 2.05 bits per heavy atom. The highest BCUT2D eigenvalue weighted by Crippen LogP contribution is 2.27. The molecule has 2 unspecified atom stereocenters. The highest BCUT2D eigenvalue weighted by molar-refractivity contribution is 9.10. The Morgan fingerprint density at radius 3 is 2.74 bits per heavy atom. The lowest BCUT2D eigenvalue weighted by molar-refractivity contribution is 0.0904. The molecule has 1 aromatic rings. The van der Waals surface area contributed by atoms with E-state index < -0.39 is 0 Å². The molecule has 0 spiro atoms. The Labute approximate surface area is 124 Å². The summed E-state index contributed by atoms with van der Waals surface area (Å²) in [4.78, 5) is 12.3. The Morgan fingerprint density at radius 1 is 1.32 bits per heavy atom. The van der Waals surface area contributed by atoms with Gasteiger partial charge < -0.3 is 5.32 Å². The molecule has 2 rings (SSSR count). The molecule has 0 aliphatic heterocycles. The molecule has 1 saturated carbocycles. The van der Waals surface area contributed by atoms with Crippen molar-refractivity contribution in [3.05, 3.63) is 33.8 Å². The smallest absolute Gasteiger partial charge is 0.251 e. The molecule has 1 fully saturated rings. The Hall–Kier alpha value is -0.830. The van der Waals surface area contributed by atoms with E-state index in [-0.39, 0.29) is 5.91 Å². The largest absolute Gasteiger partial charge is 0.349 e. The first-order valence-corrected chi connectivity index (χ1v) is 7.97. The summed E-state index contributed by atoms with van der Waals surface area (Å²) in [6.45, 7) is 4.23. The molecule has 1 aliphatic rings. The zero-order valence-corrected chi connectivity index (χ0v) is 13.3. The molecule has 0 aromatic heterocycles. The van der Waals surface area contributed by atoms with E-state index in [0.717, 1.165) is 28.4 Å². The van der Waals surface area contributed by atoms with E-state index in [9.17, 15) is 4.79 Å². The minimum absolute atomic E-state index is 0.0646. The van der Waals surface area contributed by atoms with Gasteiger partial charge in [0.05, 0.1) is 0 Å². The number of halogens is 1. The van der Waals surface area contributed by atoms with Gasteiger partial charge in [0.15, 0.2) is 0 Å². The van der Waals surface area contributed by atoms with Crippen molar-refractivity contribution in [3.8, 4) is 0 Å². The summed E-state index contributed by atoms with van der Waals surface area (Å²) in [5.41, 5.74) is 1.86. The number of hydrogen-bond donors (Lipinski definition) is 1. The van der Waals surface area contributed by atoms with E-state index in [1.807, 2.05) is 25.1 Å². The van der Waals surface area contributed by atoms with Gasteiger partial charge in [-0.15, -0.1) is 0 Å². The molecule has 1 amide bonds. The predicted octanol–water partition coefficient (Wildman–Crippen LogP) is 4.46. The number of carbonyl (C=O) groups excluding carboxylic acids is 1. The lowest BCUT2D eigenvalue weighted by Gasteiger charge is -2.31. The SMILES string of the molecule is CCC1CCCCC1NC(=O)c1cc(C)cc(Br)c1. The van der Waals surface area contributed by atoms with Crippen molar-refractivity contribution < 1.29 is 4.79 Å². The highest BCUT2D eigenvalue weighted by Gasteiger charge is 2.25. The van der Waals surface area contributed by atoms with E-state index in [0.29, 0.717) is 12.0 Å². The van der Waals surface area contributed by atoms with Gasteiger partial charge in [0.1, 0.15) is 0 Å². The number of aryl methyl sites for hydroxylation is 1. The molecular formula is C16H22BrNO. The Kier molecular flexibility index (Phi) is 5.03. The van der Waals surface area contributed by atoms with Crippen LogP contribution < -0.4 is 5.32 Å². The molecule has 0 heterocycles. The minimum atomic E-state index is 0.0646. The fourth-order valence-electron chi connectivity index (χ4n) is 3.01. The quantitative estimate of drug-likeness (QED) is 0.874. The summed E-state index contributed by atoms with van der Waals surface area (Å²) in [5.74, 6) is 0.709. The molecule has 1 N–H and O–H groups in total. The lowest BCUT2D eigenvalue weighted by atomic mass is 9.83. The monoisotopic (exact) mass is 323 g/mol. The second-order valence-corrected chi connectivity index (χ2v) is 6.47. The Bertz CT molecular complexity index is 438. The molecule has 0 bridgehead atoms. The third-order valence-electron chi connectivity index (χ3n) is 4.05. The van der Waals surface area contributed by atoms with Crippen molar-refractivity contribution in [1.82, 2.24) is 5.32 Å². The lowest BCUT2D eigenvalue weighted by Crippen LogP contribution is -2.41. The molecule has 1 aromatic carbocycles. The van der Waals surface area contributed by atoms with Gasteiger partial charge in [-0.25, -0.2) is 0 Å². The van der Waals surface area contributed by atoms with E-state index in [2.05, 4.69) is 28.2 Å². The second-order valence-electron chi connectivity index (χ2n) is 5.55. The summed E-state index contributed by atoms with van der Waals surface area (Å²) < 4.78 is 0.966. The third-order valence-corrected chi connectivity index (χ3v) is 4.51. The molecule has 3 heteroatoms. The maximum atomic E-state index is 12.3. The first-order valence-electron chi connectivity index (χ1n) is 7.18. The molecule has 0 saturated heterocycles. The molecule has 19 heavy (non-hydrogen) atoms. The van der Waals surface area contributed by atoms with Gasteiger partial charge >= 0.3 is 0 Å². The zero-order valence-electron chi connectivity index (χ0n) is 11.7. The molecule has 2 nitrogen and oxygen atoms in total. The van der Waals surface area contributed by atoms with Crippen LogP contribution in [-0.4, -0.2) is 11.9 Å². The van der Waals surface area contributed by atoms with Crippen LogP contribution in [0.25, 0.3) is 0 Å². The summed E-state index contributed by atoms with van der Waals surface area (Å²) in [6.07, 6.45) is 6.07. The van der Waals surface area contributed by atoms with Crippen LogP contribution in [0, 0.1) is 12.8 Å². The minimum Gasteiger partial charge on any atom is -0.349 e. The van der Waals surface area contributed by atoms with Crippen LogP contribution in [0.15, 0.2) is 22.7 Å². The van der Waals surface area contributed by atoms with Gasteiger partial charge in [-0.05, 0) is 49.4 Å². The van der Waals surface area contributed by atoms with Gasteiger partial charge in [0.2, 0.25) is 0 Å². The topological polar surface area (TPSA) is 29.1 Å². The molecule has 1 aliphatic carbocycles. The van der Waals surface area contributed by atoms with Crippen LogP contribution in [-0.2, 0) is 0 Å². The van der Waals surface area contributed by atoms with Crippen molar-refractivity contribution in [2.45, 2.75) is 52.0 Å². The van der Waals surface area contributed by atoms with Crippen molar-refractivity contribution >= 4 is 21.8 Å². The molecular weight excluding hydrogens is 302 g/mol. The van der Waals surface area contributed by atoms with Crippen LogP contribution in [0.1, 0.15) is 54.9 Å². The fraction of sp³-hybridized carbons (Fsp3) is 0.562. The molecule has 2 atom stereocenters. The van der Waals surface area contributed by atoms with E-state index >= 15 is 0 Å². The van der Waals surface area contributed by atoms with Crippen molar-refractivity contribution in [2.24, 2.45) is 5.92 Å². The first kappa shape index (κ1) is 14.6. The van der Waals surface area contributed by atoms with E-state index in [1.54, 1.807) is 0 Å². The van der Waals surface area contributed by atoms with Gasteiger partial charge in [-0.2, -0.15) is 0 Å². The molecule has 0 radical (unpaired) electrons. The summed E-state index contributed by atoms with van der Waals surface area (Å²) in [6, 6.07) is 6.22. The average molecular weight is 324 g/mol. The highest BCUT2D eigenvalue weighted by atomic mass is 79.9. The van der Waals surface area contributed by atoms with Crippen LogP contribution in [0.4, 0.5) is 0 Å².